The molecule has 0 atom stereocenters. The van der Waals surface area contributed by atoms with E-state index in [0.717, 1.165) is 0 Å². The first-order valence-corrected chi connectivity index (χ1v) is 6.67. The summed E-state index contributed by atoms with van der Waals surface area (Å²) in [5.41, 5.74) is 0. The lowest BCUT2D eigenvalue weighted by Crippen LogP contribution is -2.10. The number of aromatic nitrogens is 1. The highest BCUT2D eigenvalue weighted by molar-refractivity contribution is 7.91. The van der Waals surface area contributed by atoms with Crippen molar-refractivity contribution < 1.29 is 13.2 Å². The minimum atomic E-state index is -3.37. The fourth-order valence-corrected chi connectivity index (χ4v) is 2.54. The van der Waals surface area contributed by atoms with Crippen molar-refractivity contribution in [1.82, 2.24) is 4.98 Å². The van der Waals surface area contributed by atoms with Crippen LogP contribution in [0.2, 0.25) is 0 Å². The molecule has 0 aliphatic rings. The van der Waals surface area contributed by atoms with Crippen LogP contribution in [0.25, 0.3) is 0 Å². The SMILES string of the molecule is CCOc1cccc(S(=O)(=O)CCCl)n1. The first-order chi connectivity index (χ1) is 7.10. The van der Waals surface area contributed by atoms with E-state index in [9.17, 15) is 8.42 Å². The second kappa shape index (κ2) is 5.32. The van der Waals surface area contributed by atoms with Gasteiger partial charge in [0.15, 0.2) is 14.9 Å². The molecule has 0 saturated carbocycles. The fourth-order valence-electron chi connectivity index (χ4n) is 1.00. The van der Waals surface area contributed by atoms with E-state index in [1.807, 2.05) is 6.92 Å². The second-order valence-electron chi connectivity index (χ2n) is 2.75. The van der Waals surface area contributed by atoms with E-state index < -0.39 is 9.84 Å². The molecule has 0 bridgehead atoms. The molecule has 0 aromatic carbocycles. The van der Waals surface area contributed by atoms with Crippen LogP contribution in [0.4, 0.5) is 0 Å². The van der Waals surface area contributed by atoms with E-state index in [4.69, 9.17) is 16.3 Å². The van der Waals surface area contributed by atoms with Crippen LogP contribution in [0.3, 0.4) is 0 Å². The Kier molecular flexibility index (Phi) is 4.35. The van der Waals surface area contributed by atoms with Crippen LogP contribution in [-0.4, -0.2) is 31.6 Å². The van der Waals surface area contributed by atoms with Gasteiger partial charge in [-0.25, -0.2) is 13.4 Å². The standard InChI is InChI=1S/C9H12ClNO3S/c1-2-14-8-4-3-5-9(11-8)15(12,13)7-6-10/h3-5H,2,6-7H2,1H3. The van der Waals surface area contributed by atoms with Gasteiger partial charge in [0.25, 0.3) is 0 Å². The Morgan fingerprint density at radius 1 is 1.47 bits per heavy atom. The van der Waals surface area contributed by atoms with Crippen LogP contribution in [0.15, 0.2) is 23.2 Å². The Hall–Kier alpha value is -0.810. The van der Waals surface area contributed by atoms with Crippen molar-refractivity contribution in [3.05, 3.63) is 18.2 Å². The van der Waals surface area contributed by atoms with E-state index in [2.05, 4.69) is 4.98 Å². The van der Waals surface area contributed by atoms with Crippen LogP contribution >= 0.6 is 11.6 Å². The molecule has 4 nitrogen and oxygen atoms in total. The minimum Gasteiger partial charge on any atom is -0.478 e. The van der Waals surface area contributed by atoms with Gasteiger partial charge in [0, 0.05) is 11.9 Å². The first-order valence-electron chi connectivity index (χ1n) is 4.48. The van der Waals surface area contributed by atoms with E-state index in [-0.39, 0.29) is 16.7 Å². The number of sulfone groups is 1. The van der Waals surface area contributed by atoms with Crippen LogP contribution in [0.5, 0.6) is 5.88 Å². The number of alkyl halides is 1. The Bertz CT molecular complexity index is 419. The molecule has 0 radical (unpaired) electrons. The second-order valence-corrected chi connectivity index (χ2v) is 5.19. The van der Waals surface area contributed by atoms with Crippen molar-refractivity contribution in [2.75, 3.05) is 18.2 Å². The maximum absolute atomic E-state index is 11.6. The number of rotatable bonds is 5. The molecular formula is C9H12ClNO3S. The summed E-state index contributed by atoms with van der Waals surface area (Å²) in [4.78, 5) is 3.88. The average molecular weight is 250 g/mol. The summed E-state index contributed by atoms with van der Waals surface area (Å²) in [5.74, 6) is 0.258. The normalized spacial score (nSPS) is 11.3. The maximum atomic E-state index is 11.6. The van der Waals surface area contributed by atoms with Crippen LogP contribution in [0, 0.1) is 0 Å². The smallest absolute Gasteiger partial charge is 0.214 e. The molecule has 0 amide bonds. The third-order valence-electron chi connectivity index (χ3n) is 1.65. The number of pyridine rings is 1. The lowest BCUT2D eigenvalue weighted by molar-refractivity contribution is 0.324. The largest absolute Gasteiger partial charge is 0.478 e. The molecular weight excluding hydrogens is 238 g/mol. The summed E-state index contributed by atoms with van der Waals surface area (Å²) in [6.45, 7) is 2.26. The predicted octanol–water partition coefficient (Wildman–Crippen LogP) is 1.49. The molecule has 0 aliphatic carbocycles. The Morgan fingerprint density at radius 2 is 2.20 bits per heavy atom. The molecule has 0 spiro atoms. The zero-order chi connectivity index (χ0) is 11.3. The first kappa shape index (κ1) is 12.3. The summed E-state index contributed by atoms with van der Waals surface area (Å²) in [5, 5.41) is 0.00843. The molecule has 0 aliphatic heterocycles. The monoisotopic (exact) mass is 249 g/mol. The third-order valence-corrected chi connectivity index (χ3v) is 3.67. The van der Waals surface area contributed by atoms with Gasteiger partial charge in [-0.05, 0) is 13.0 Å². The third kappa shape index (κ3) is 3.35. The summed E-state index contributed by atoms with van der Waals surface area (Å²) < 4.78 is 28.3. The van der Waals surface area contributed by atoms with Crippen molar-refractivity contribution in [1.29, 1.82) is 0 Å². The predicted molar refractivity (Wildman–Crippen MR) is 58.2 cm³/mol. The van der Waals surface area contributed by atoms with Crippen LogP contribution < -0.4 is 4.74 Å². The van der Waals surface area contributed by atoms with Gasteiger partial charge < -0.3 is 4.74 Å². The molecule has 6 heteroatoms. The van der Waals surface area contributed by atoms with Crippen LogP contribution in [0.1, 0.15) is 6.92 Å². The lowest BCUT2D eigenvalue weighted by atomic mass is 10.5. The van der Waals surface area contributed by atoms with Crippen molar-refractivity contribution in [2.45, 2.75) is 11.9 Å². The van der Waals surface area contributed by atoms with Gasteiger partial charge in [0.2, 0.25) is 5.88 Å². The van der Waals surface area contributed by atoms with Gasteiger partial charge in [0.05, 0.1) is 12.4 Å². The van der Waals surface area contributed by atoms with E-state index in [0.29, 0.717) is 12.5 Å². The molecule has 1 aromatic rings. The molecule has 1 aromatic heterocycles. The summed E-state index contributed by atoms with van der Waals surface area (Å²) >= 11 is 5.40. The summed E-state index contributed by atoms with van der Waals surface area (Å²) in [6.07, 6.45) is 0. The van der Waals surface area contributed by atoms with Gasteiger partial charge in [0.1, 0.15) is 0 Å². The van der Waals surface area contributed by atoms with Gasteiger partial charge in [-0.1, -0.05) is 6.07 Å². The molecule has 84 valence electrons. The van der Waals surface area contributed by atoms with Gasteiger partial charge >= 0.3 is 0 Å². The highest BCUT2D eigenvalue weighted by atomic mass is 35.5. The quantitative estimate of drug-likeness (QED) is 0.742. The van der Waals surface area contributed by atoms with Gasteiger partial charge in [-0.15, -0.1) is 11.6 Å². The number of ether oxygens (including phenoxy) is 1. The molecule has 1 rings (SSSR count). The minimum absolute atomic E-state index is 0.00843. The van der Waals surface area contributed by atoms with Crippen molar-refractivity contribution in [3.63, 3.8) is 0 Å². The fraction of sp³-hybridized carbons (Fsp3) is 0.444. The van der Waals surface area contributed by atoms with Crippen molar-refractivity contribution in [2.24, 2.45) is 0 Å². The topological polar surface area (TPSA) is 56.3 Å². The average Bonchev–Trinajstić information content (AvgIpc) is 2.19. The molecule has 15 heavy (non-hydrogen) atoms. The van der Waals surface area contributed by atoms with E-state index >= 15 is 0 Å². The summed E-state index contributed by atoms with van der Waals surface area (Å²) in [6, 6.07) is 4.65. The van der Waals surface area contributed by atoms with Gasteiger partial charge in [-0.2, -0.15) is 0 Å². The number of hydrogen-bond donors (Lipinski definition) is 0. The Morgan fingerprint density at radius 3 is 2.80 bits per heavy atom. The molecule has 0 saturated heterocycles. The highest BCUT2D eigenvalue weighted by Crippen LogP contribution is 2.13. The van der Waals surface area contributed by atoms with Gasteiger partial charge in [-0.3, -0.25) is 0 Å². The highest BCUT2D eigenvalue weighted by Gasteiger charge is 2.15. The lowest BCUT2D eigenvalue weighted by Gasteiger charge is -2.04. The van der Waals surface area contributed by atoms with Crippen LogP contribution in [-0.2, 0) is 9.84 Å². The summed E-state index contributed by atoms with van der Waals surface area (Å²) in [7, 11) is -3.37. The molecule has 0 N–H and O–H groups in total. The number of halogens is 1. The zero-order valence-corrected chi connectivity index (χ0v) is 9.88. The van der Waals surface area contributed by atoms with Crippen molar-refractivity contribution >= 4 is 21.4 Å². The number of nitrogens with zero attached hydrogens (tertiary/aromatic N) is 1. The molecule has 1 heterocycles. The molecule has 0 fully saturated rings. The maximum Gasteiger partial charge on any atom is 0.214 e. The Balaban J connectivity index is 2.99. The van der Waals surface area contributed by atoms with E-state index in [1.54, 1.807) is 12.1 Å². The van der Waals surface area contributed by atoms with Crippen molar-refractivity contribution in [3.8, 4) is 5.88 Å². The number of hydrogen-bond acceptors (Lipinski definition) is 4. The van der Waals surface area contributed by atoms with E-state index in [1.165, 1.54) is 6.07 Å². The molecule has 0 unspecified atom stereocenters. The Labute approximate surface area is 94.2 Å². The zero-order valence-electron chi connectivity index (χ0n) is 8.31.